The van der Waals surface area contributed by atoms with Crippen molar-refractivity contribution in [2.75, 3.05) is 0 Å². The van der Waals surface area contributed by atoms with Gasteiger partial charge in [0.2, 0.25) is 5.39 Å². The predicted molar refractivity (Wildman–Crippen MR) is 45.9 cm³/mol. The van der Waals surface area contributed by atoms with E-state index in [-0.39, 0.29) is 16.3 Å². The van der Waals surface area contributed by atoms with Gasteiger partial charge in [0.1, 0.15) is 16.7 Å². The number of hydrogen-bond donors (Lipinski definition) is 1. The van der Waals surface area contributed by atoms with E-state index in [9.17, 15) is 15.0 Å². The number of phenols is 1. The summed E-state index contributed by atoms with van der Waals surface area (Å²) in [5, 5.41) is 28.4. The summed E-state index contributed by atoms with van der Waals surface area (Å²) in [6, 6.07) is 2.17. The van der Waals surface area contributed by atoms with Gasteiger partial charge in [-0.1, -0.05) is 11.6 Å². The summed E-state index contributed by atoms with van der Waals surface area (Å²) in [6.07, 6.45) is 0. The van der Waals surface area contributed by atoms with E-state index >= 15 is 0 Å². The Kier molecular flexibility index (Phi) is 2.89. The van der Waals surface area contributed by atoms with Gasteiger partial charge in [0, 0.05) is 5.02 Å². The van der Waals surface area contributed by atoms with E-state index in [1.165, 1.54) is 12.1 Å². The molecule has 1 atom stereocenters. The summed E-state index contributed by atoms with van der Waals surface area (Å²) in [5.41, 5.74) is -0.0723. The number of carboxylic acid groups (broad SMARTS) is 1. The zero-order chi connectivity index (χ0) is 10.7. The first kappa shape index (κ1) is 10.3. The van der Waals surface area contributed by atoms with Gasteiger partial charge in [0.05, 0.1) is 5.56 Å². The van der Waals surface area contributed by atoms with Gasteiger partial charge in [-0.05, 0) is 18.2 Å². The number of carbonyl (C=O) groups is 1. The van der Waals surface area contributed by atoms with E-state index in [4.69, 9.17) is 17.0 Å². The fraction of sp³-hybridized carbons (Fsp3) is 0.125. The van der Waals surface area contributed by atoms with Gasteiger partial charge in [-0.15, -0.1) is 0 Å². The second kappa shape index (κ2) is 3.94. The molecule has 0 bridgehead atoms. The highest BCUT2D eigenvalue weighted by atomic mass is 35.5. The number of hydrogen-bond acceptors (Lipinski definition) is 4. The molecular formula is C8H5ClN2O3. The molecule has 1 rings (SSSR count). The summed E-state index contributed by atoms with van der Waals surface area (Å²) in [7, 11) is 0. The van der Waals surface area contributed by atoms with Crippen molar-refractivity contribution >= 4 is 17.6 Å². The molecule has 0 radical (unpaired) electrons. The van der Waals surface area contributed by atoms with Gasteiger partial charge >= 0.3 is 6.04 Å². The lowest BCUT2D eigenvalue weighted by atomic mass is 10.1. The molecule has 6 heteroatoms. The number of aliphatic carboxylic acids is 1. The topological polar surface area (TPSA) is 88.5 Å². The molecular weight excluding hydrogens is 208 g/mol. The van der Waals surface area contributed by atoms with Gasteiger partial charge in [-0.3, -0.25) is 0 Å². The van der Waals surface area contributed by atoms with Crippen LogP contribution in [0.2, 0.25) is 5.02 Å². The molecule has 14 heavy (non-hydrogen) atoms. The van der Waals surface area contributed by atoms with Gasteiger partial charge < -0.3 is 15.0 Å². The fourth-order valence-electron chi connectivity index (χ4n) is 0.984. The van der Waals surface area contributed by atoms with Crippen LogP contribution in [0.1, 0.15) is 11.6 Å². The van der Waals surface area contributed by atoms with Crippen LogP contribution in [0.4, 0.5) is 0 Å². The number of diazo groups is 1. The molecule has 0 saturated heterocycles. The van der Waals surface area contributed by atoms with Crippen molar-refractivity contribution in [2.45, 2.75) is 6.04 Å². The highest BCUT2D eigenvalue weighted by Crippen LogP contribution is 2.29. The van der Waals surface area contributed by atoms with Crippen molar-refractivity contribution in [1.29, 1.82) is 5.39 Å². The summed E-state index contributed by atoms with van der Waals surface area (Å²) in [4.78, 5) is 13.0. The second-order valence-corrected chi connectivity index (χ2v) is 2.98. The number of halogens is 1. The number of benzene rings is 1. The molecule has 0 aliphatic rings. The first-order valence-electron chi connectivity index (χ1n) is 3.59. The average molecular weight is 213 g/mol. The van der Waals surface area contributed by atoms with Gasteiger partial charge in [0.15, 0.2) is 0 Å². The van der Waals surface area contributed by atoms with Crippen molar-refractivity contribution in [2.24, 2.45) is 0 Å². The van der Waals surface area contributed by atoms with E-state index in [2.05, 4.69) is 4.98 Å². The number of phenolic OH excluding ortho intramolecular Hbond substituents is 1. The lowest BCUT2D eigenvalue weighted by molar-refractivity contribution is -0.306. The summed E-state index contributed by atoms with van der Waals surface area (Å²) in [5.74, 6) is -1.96. The Morgan fingerprint density at radius 1 is 1.64 bits per heavy atom. The first-order valence-corrected chi connectivity index (χ1v) is 3.97. The molecule has 1 aromatic rings. The fourth-order valence-corrected chi connectivity index (χ4v) is 1.15. The smallest absolute Gasteiger partial charge is 0.381 e. The maximum Gasteiger partial charge on any atom is 0.381 e. The Morgan fingerprint density at radius 3 is 2.71 bits per heavy atom. The third-order valence-corrected chi connectivity index (χ3v) is 1.86. The highest BCUT2D eigenvalue weighted by molar-refractivity contribution is 6.30. The van der Waals surface area contributed by atoms with Crippen LogP contribution in [-0.4, -0.2) is 11.1 Å². The summed E-state index contributed by atoms with van der Waals surface area (Å²) >= 11 is 5.53. The van der Waals surface area contributed by atoms with Crippen molar-refractivity contribution in [3.8, 4) is 5.75 Å². The third kappa shape index (κ3) is 1.92. The molecule has 5 nitrogen and oxygen atoms in total. The molecule has 0 amide bonds. The van der Waals surface area contributed by atoms with Crippen LogP contribution in [0, 0.1) is 5.39 Å². The Bertz CT molecular complexity index is 414. The average Bonchev–Trinajstić information content (AvgIpc) is 2.09. The summed E-state index contributed by atoms with van der Waals surface area (Å²) < 4.78 is 0. The molecule has 0 aliphatic heterocycles. The third-order valence-electron chi connectivity index (χ3n) is 1.63. The number of nitrogens with zero attached hydrogens (tertiary/aromatic N) is 2. The zero-order valence-corrected chi connectivity index (χ0v) is 7.60. The molecule has 0 fully saturated rings. The van der Waals surface area contributed by atoms with Crippen LogP contribution in [0.25, 0.3) is 4.98 Å². The molecule has 1 N–H and O–H groups in total. The van der Waals surface area contributed by atoms with E-state index in [1.54, 1.807) is 0 Å². The van der Waals surface area contributed by atoms with Crippen LogP contribution in [-0.2, 0) is 4.79 Å². The largest absolute Gasteiger partial charge is 0.542 e. The minimum absolute atomic E-state index is 0.0723. The van der Waals surface area contributed by atoms with E-state index < -0.39 is 12.0 Å². The Hall–Kier alpha value is -1.80. The molecule has 72 valence electrons. The predicted octanol–water partition coefficient (Wildman–Crippen LogP) is 0.690. The molecule has 0 heterocycles. The zero-order valence-electron chi connectivity index (χ0n) is 6.85. The number of carboxylic acids is 1. The van der Waals surface area contributed by atoms with Gasteiger partial charge in [-0.25, -0.2) is 0 Å². The van der Waals surface area contributed by atoms with Crippen LogP contribution >= 0.6 is 11.6 Å². The minimum atomic E-state index is -1.61. The van der Waals surface area contributed by atoms with Crippen molar-refractivity contribution < 1.29 is 15.0 Å². The normalized spacial score (nSPS) is 11.7. The van der Waals surface area contributed by atoms with Crippen LogP contribution in [0.15, 0.2) is 18.2 Å². The first-order chi connectivity index (χ1) is 6.56. The SMILES string of the molecule is N#[N+]C(C(=O)[O-])c1ccc(Cl)cc1O. The summed E-state index contributed by atoms with van der Waals surface area (Å²) in [6.45, 7) is 0. The number of aromatic hydroxyl groups is 1. The highest BCUT2D eigenvalue weighted by Gasteiger charge is 2.27. The quantitative estimate of drug-likeness (QED) is 0.731. The second-order valence-electron chi connectivity index (χ2n) is 2.54. The van der Waals surface area contributed by atoms with Gasteiger partial charge in [0.25, 0.3) is 0 Å². The molecule has 0 aliphatic carbocycles. The Morgan fingerprint density at radius 2 is 2.29 bits per heavy atom. The molecule has 0 aromatic heterocycles. The van der Waals surface area contributed by atoms with E-state index in [0.717, 1.165) is 6.07 Å². The van der Waals surface area contributed by atoms with Crippen LogP contribution < -0.4 is 5.11 Å². The van der Waals surface area contributed by atoms with Crippen molar-refractivity contribution in [3.63, 3.8) is 0 Å². The van der Waals surface area contributed by atoms with E-state index in [1.807, 2.05) is 0 Å². The lowest BCUT2D eigenvalue weighted by Crippen LogP contribution is -2.27. The Labute approximate surface area is 84.2 Å². The molecule has 0 saturated carbocycles. The van der Waals surface area contributed by atoms with Gasteiger partial charge in [-0.2, -0.15) is 0 Å². The number of rotatable bonds is 2. The standard InChI is InChI=1S/C8H5ClN2O3/c9-4-1-2-5(6(12)3-4)7(11-10)8(13)14/h1-3,7H,(H-,12,13,14). The van der Waals surface area contributed by atoms with Crippen LogP contribution in [0.3, 0.4) is 0 Å². The van der Waals surface area contributed by atoms with Crippen LogP contribution in [0.5, 0.6) is 5.75 Å². The minimum Gasteiger partial charge on any atom is -0.542 e. The molecule has 1 aromatic carbocycles. The van der Waals surface area contributed by atoms with Crippen molar-refractivity contribution in [1.82, 2.24) is 0 Å². The number of carbonyl (C=O) groups excluding carboxylic acids is 1. The monoisotopic (exact) mass is 212 g/mol. The molecule has 0 spiro atoms. The van der Waals surface area contributed by atoms with E-state index in [0.29, 0.717) is 0 Å². The Balaban J connectivity index is 3.19. The lowest BCUT2D eigenvalue weighted by Gasteiger charge is -2.03. The maximum atomic E-state index is 10.5. The maximum absolute atomic E-state index is 10.5. The molecule has 1 unspecified atom stereocenters. The van der Waals surface area contributed by atoms with Crippen molar-refractivity contribution in [3.05, 3.63) is 33.8 Å².